The molecule has 0 spiro atoms. The summed E-state index contributed by atoms with van der Waals surface area (Å²) in [6, 6.07) is 14.3. The molecule has 0 fully saturated rings. The number of rotatable bonds is 11. The number of benzene rings is 2. The van der Waals surface area contributed by atoms with Crippen LogP contribution >= 0.6 is 11.8 Å². The summed E-state index contributed by atoms with van der Waals surface area (Å²) in [7, 11) is 0. The predicted molar refractivity (Wildman–Crippen MR) is 123 cm³/mol. The summed E-state index contributed by atoms with van der Waals surface area (Å²) in [5, 5.41) is 24.1. The molecule has 1 amide bonds. The molecule has 0 aliphatic rings. The Morgan fingerprint density at radius 1 is 1.13 bits per heavy atom. The van der Waals surface area contributed by atoms with Gasteiger partial charge in [0.2, 0.25) is 5.91 Å². The molecule has 2 rings (SSSR count). The Morgan fingerprint density at radius 3 is 2.42 bits per heavy atom. The monoisotopic (exact) mass is 439 g/mol. The van der Waals surface area contributed by atoms with Gasteiger partial charge in [-0.15, -0.1) is 0 Å². The van der Waals surface area contributed by atoms with Crippen molar-refractivity contribution in [2.45, 2.75) is 38.6 Å². The van der Waals surface area contributed by atoms with Crippen LogP contribution in [0.25, 0.3) is 0 Å². The van der Waals surface area contributed by atoms with E-state index in [2.05, 4.69) is 5.32 Å². The molecule has 0 heterocycles. The molecule has 2 aromatic carbocycles. The molecular formula is C23H25N3O4S. The highest BCUT2D eigenvalue weighted by molar-refractivity contribution is 8.16. The Kier molecular flexibility index (Phi) is 9.64. The van der Waals surface area contributed by atoms with Crippen molar-refractivity contribution in [2.75, 3.05) is 0 Å². The summed E-state index contributed by atoms with van der Waals surface area (Å²) >= 11 is 1.21. The molecule has 1 unspecified atom stereocenters. The summed E-state index contributed by atoms with van der Waals surface area (Å²) in [6.07, 6.45) is 3.18. The number of thioether (sulfide) groups is 1. The first-order chi connectivity index (χ1) is 14.9. The number of ketones is 1. The number of hydrogen-bond acceptors (Lipinski definition) is 6. The molecule has 31 heavy (non-hydrogen) atoms. The van der Waals surface area contributed by atoms with Crippen LogP contribution in [0, 0.1) is 15.5 Å². The highest BCUT2D eigenvalue weighted by atomic mass is 32.2. The van der Waals surface area contributed by atoms with E-state index in [0.29, 0.717) is 12.0 Å². The first-order valence-corrected chi connectivity index (χ1v) is 10.8. The van der Waals surface area contributed by atoms with Crippen molar-refractivity contribution < 1.29 is 14.5 Å². The lowest BCUT2D eigenvalue weighted by Gasteiger charge is -2.19. The minimum atomic E-state index is -0.590. The highest BCUT2D eigenvalue weighted by Gasteiger charge is 2.19. The number of nitro benzene ring substituents is 1. The van der Waals surface area contributed by atoms with E-state index in [0.717, 1.165) is 12.0 Å². The average molecular weight is 440 g/mol. The van der Waals surface area contributed by atoms with Crippen LogP contribution in [0.3, 0.4) is 0 Å². The van der Waals surface area contributed by atoms with Gasteiger partial charge in [-0.3, -0.25) is 25.1 Å². The highest BCUT2D eigenvalue weighted by Crippen LogP contribution is 2.17. The van der Waals surface area contributed by atoms with E-state index in [1.54, 1.807) is 41.8 Å². The zero-order valence-electron chi connectivity index (χ0n) is 17.2. The van der Waals surface area contributed by atoms with E-state index in [-0.39, 0.29) is 35.3 Å². The number of hydrogen-bond donors (Lipinski definition) is 2. The van der Waals surface area contributed by atoms with Gasteiger partial charge in [-0.05, 0) is 23.8 Å². The van der Waals surface area contributed by atoms with Crippen LogP contribution in [0.2, 0.25) is 0 Å². The molecule has 0 saturated carbocycles. The van der Waals surface area contributed by atoms with E-state index in [9.17, 15) is 19.7 Å². The number of nitro groups is 1. The number of amides is 1. The summed E-state index contributed by atoms with van der Waals surface area (Å²) in [6.45, 7) is 1.99. The van der Waals surface area contributed by atoms with Crippen molar-refractivity contribution in [2.24, 2.45) is 0 Å². The number of carbonyl (C=O) groups is 2. The molecule has 0 saturated heterocycles. The second-order valence-corrected chi connectivity index (χ2v) is 7.75. The molecule has 0 bridgehead atoms. The summed E-state index contributed by atoms with van der Waals surface area (Å²) in [5.74, 6) is -0.431. The topological polar surface area (TPSA) is 113 Å². The molecule has 162 valence electrons. The standard InChI is InChI=1S/C23H25N3O4S/c1-2-3-15-31-23(24)20(16-17-9-11-19(12-10-17)26(29)30)25-22(28)14-13-21(27)18-7-5-4-6-8-18/h3-12,15,20,24H,2,13-14,16H2,1H3,(H,25,28)/b15-3+,24-23?. The van der Waals surface area contributed by atoms with E-state index in [1.165, 1.54) is 23.9 Å². The SMILES string of the molecule is CC/C=C/SC(=N)C(Cc1ccc([N+](=O)[O-])cc1)NC(=O)CCC(=O)c1ccccc1. The number of non-ortho nitro benzene ring substituents is 1. The van der Waals surface area contributed by atoms with Crippen LogP contribution in [-0.2, 0) is 11.2 Å². The fourth-order valence-corrected chi connectivity index (χ4v) is 3.50. The molecule has 0 aromatic heterocycles. The first-order valence-electron chi connectivity index (χ1n) is 9.91. The van der Waals surface area contributed by atoms with Crippen molar-refractivity contribution in [3.05, 3.63) is 87.3 Å². The Hall–Kier alpha value is -3.26. The number of Topliss-reactive ketones (excluding diaryl/α,β-unsaturated/α-hetero) is 1. The lowest BCUT2D eigenvalue weighted by molar-refractivity contribution is -0.384. The minimum Gasteiger partial charge on any atom is -0.347 e. The fraction of sp³-hybridized carbons (Fsp3) is 0.261. The van der Waals surface area contributed by atoms with Crippen molar-refractivity contribution >= 4 is 34.2 Å². The van der Waals surface area contributed by atoms with Crippen LogP contribution < -0.4 is 5.32 Å². The van der Waals surface area contributed by atoms with Crippen molar-refractivity contribution in [3.63, 3.8) is 0 Å². The summed E-state index contributed by atoms with van der Waals surface area (Å²) in [5.41, 5.74) is 1.31. The Bertz CT molecular complexity index is 943. The zero-order valence-corrected chi connectivity index (χ0v) is 18.1. The van der Waals surface area contributed by atoms with Crippen LogP contribution in [0.5, 0.6) is 0 Å². The maximum absolute atomic E-state index is 12.5. The number of allylic oxidation sites excluding steroid dienone is 1. The van der Waals surface area contributed by atoms with Crippen LogP contribution in [0.15, 0.2) is 66.1 Å². The van der Waals surface area contributed by atoms with Gasteiger partial charge in [-0.25, -0.2) is 0 Å². The molecule has 0 aliphatic heterocycles. The Balaban J connectivity index is 2.02. The molecule has 0 radical (unpaired) electrons. The average Bonchev–Trinajstić information content (AvgIpc) is 2.78. The fourth-order valence-electron chi connectivity index (χ4n) is 2.76. The van der Waals surface area contributed by atoms with E-state index < -0.39 is 11.0 Å². The summed E-state index contributed by atoms with van der Waals surface area (Å²) < 4.78 is 0. The molecule has 2 N–H and O–H groups in total. The maximum atomic E-state index is 12.5. The van der Waals surface area contributed by atoms with E-state index >= 15 is 0 Å². The van der Waals surface area contributed by atoms with E-state index in [1.807, 2.05) is 19.1 Å². The first kappa shape index (κ1) is 24.0. The smallest absolute Gasteiger partial charge is 0.269 e. The molecule has 2 aromatic rings. The normalized spacial score (nSPS) is 11.8. The Morgan fingerprint density at radius 2 is 1.81 bits per heavy atom. The van der Waals surface area contributed by atoms with Gasteiger partial charge in [0.15, 0.2) is 5.78 Å². The zero-order chi connectivity index (χ0) is 22.6. The quantitative estimate of drug-likeness (QED) is 0.170. The van der Waals surface area contributed by atoms with Crippen LogP contribution in [0.1, 0.15) is 42.1 Å². The predicted octanol–water partition coefficient (Wildman–Crippen LogP) is 4.92. The minimum absolute atomic E-state index is 0.0147. The third-order valence-corrected chi connectivity index (χ3v) is 5.31. The maximum Gasteiger partial charge on any atom is 0.269 e. The van der Waals surface area contributed by atoms with E-state index in [4.69, 9.17) is 5.41 Å². The summed E-state index contributed by atoms with van der Waals surface area (Å²) in [4.78, 5) is 35.1. The van der Waals surface area contributed by atoms with Crippen molar-refractivity contribution in [3.8, 4) is 0 Å². The van der Waals surface area contributed by atoms with Gasteiger partial charge in [0.05, 0.1) is 16.0 Å². The third kappa shape index (κ3) is 8.18. The van der Waals surface area contributed by atoms with Gasteiger partial charge in [-0.1, -0.05) is 67.2 Å². The van der Waals surface area contributed by atoms with Gasteiger partial charge in [0.1, 0.15) is 0 Å². The molecular weight excluding hydrogens is 414 g/mol. The lowest BCUT2D eigenvalue weighted by Crippen LogP contribution is -2.41. The van der Waals surface area contributed by atoms with Crippen molar-refractivity contribution in [1.82, 2.24) is 5.32 Å². The molecule has 8 heteroatoms. The second-order valence-electron chi connectivity index (χ2n) is 6.80. The van der Waals surface area contributed by atoms with Crippen molar-refractivity contribution in [1.29, 1.82) is 5.41 Å². The molecule has 0 aliphatic carbocycles. The largest absolute Gasteiger partial charge is 0.347 e. The Labute approximate surface area is 185 Å². The molecule has 7 nitrogen and oxygen atoms in total. The lowest BCUT2D eigenvalue weighted by atomic mass is 10.0. The van der Waals surface area contributed by atoms with Crippen LogP contribution in [-0.4, -0.2) is 27.7 Å². The van der Waals surface area contributed by atoms with Gasteiger partial charge in [0.25, 0.3) is 5.69 Å². The number of nitrogens with one attached hydrogen (secondary N) is 2. The number of nitrogens with zero attached hydrogens (tertiary/aromatic N) is 1. The van der Waals surface area contributed by atoms with Gasteiger partial charge in [0, 0.05) is 30.5 Å². The van der Waals surface area contributed by atoms with Gasteiger partial charge in [-0.2, -0.15) is 0 Å². The van der Waals surface area contributed by atoms with Gasteiger partial charge < -0.3 is 5.32 Å². The van der Waals surface area contributed by atoms with Crippen LogP contribution in [0.4, 0.5) is 5.69 Å². The van der Waals surface area contributed by atoms with Gasteiger partial charge >= 0.3 is 0 Å². The third-order valence-electron chi connectivity index (χ3n) is 4.44. The second kappa shape index (κ2) is 12.4. The number of carbonyl (C=O) groups excluding carboxylic acids is 2. The molecule has 1 atom stereocenters.